The summed E-state index contributed by atoms with van der Waals surface area (Å²) in [5.41, 5.74) is 2.91. The van der Waals surface area contributed by atoms with Crippen LogP contribution in [0.15, 0.2) is 30.3 Å². The number of ether oxygens (including phenoxy) is 1. The van der Waals surface area contributed by atoms with Crippen LogP contribution in [0.5, 0.6) is 5.75 Å². The lowest BCUT2D eigenvalue weighted by atomic mass is 10.0. The third kappa shape index (κ3) is 4.58. The number of hydrogen-bond donors (Lipinski definition) is 3. The molecule has 7 nitrogen and oxygen atoms in total. The molecule has 134 valence electrons. The number of nitrogens with one attached hydrogen (secondary N) is 1. The second kappa shape index (κ2) is 7.67. The van der Waals surface area contributed by atoms with Crippen LogP contribution in [0.1, 0.15) is 17.0 Å². The Labute approximate surface area is 146 Å². The van der Waals surface area contributed by atoms with Crippen molar-refractivity contribution in [2.45, 2.75) is 26.0 Å². The number of hydrogen-bond acceptors (Lipinski definition) is 5. The van der Waals surface area contributed by atoms with Crippen LogP contribution in [-0.4, -0.2) is 57.1 Å². The van der Waals surface area contributed by atoms with Gasteiger partial charge >= 0.3 is 5.97 Å². The normalized spacial score (nSPS) is 20.7. The minimum atomic E-state index is -0.999. The minimum Gasteiger partial charge on any atom is -0.482 e. The van der Waals surface area contributed by atoms with E-state index in [9.17, 15) is 9.90 Å². The quantitative estimate of drug-likeness (QED) is 0.698. The highest BCUT2D eigenvalue weighted by atomic mass is 16.5. The summed E-state index contributed by atoms with van der Waals surface area (Å²) in [6.07, 6.45) is 0.336. The predicted octanol–water partition coefficient (Wildman–Crippen LogP) is 1.22. The van der Waals surface area contributed by atoms with E-state index in [2.05, 4.69) is 15.1 Å². The van der Waals surface area contributed by atoms with Gasteiger partial charge in [0, 0.05) is 36.8 Å². The molecule has 0 bridgehead atoms. The molecule has 1 fully saturated rings. The van der Waals surface area contributed by atoms with Gasteiger partial charge in [-0.1, -0.05) is 18.2 Å². The van der Waals surface area contributed by atoms with E-state index in [4.69, 9.17) is 9.84 Å². The van der Waals surface area contributed by atoms with Crippen molar-refractivity contribution in [2.24, 2.45) is 5.92 Å². The summed E-state index contributed by atoms with van der Waals surface area (Å²) < 4.78 is 5.36. The van der Waals surface area contributed by atoms with Crippen LogP contribution in [0, 0.1) is 12.8 Å². The molecule has 2 atom stereocenters. The summed E-state index contributed by atoms with van der Waals surface area (Å²) in [7, 11) is 0. The maximum atomic E-state index is 10.7. The van der Waals surface area contributed by atoms with Crippen molar-refractivity contribution in [1.29, 1.82) is 0 Å². The molecule has 2 heterocycles. The number of aromatic amines is 1. The van der Waals surface area contributed by atoms with Crippen molar-refractivity contribution >= 4 is 5.97 Å². The Morgan fingerprint density at radius 1 is 1.40 bits per heavy atom. The highest BCUT2D eigenvalue weighted by Gasteiger charge is 2.32. The maximum absolute atomic E-state index is 10.7. The monoisotopic (exact) mass is 345 g/mol. The Morgan fingerprint density at radius 3 is 2.92 bits per heavy atom. The van der Waals surface area contributed by atoms with Gasteiger partial charge in [-0.25, -0.2) is 4.79 Å². The Morgan fingerprint density at radius 2 is 2.20 bits per heavy atom. The van der Waals surface area contributed by atoms with Crippen LogP contribution in [0.3, 0.4) is 0 Å². The molecular weight excluding hydrogens is 322 g/mol. The number of carboxylic acid groups (broad SMARTS) is 1. The Hall–Kier alpha value is -2.38. The zero-order valence-electron chi connectivity index (χ0n) is 14.2. The predicted molar refractivity (Wildman–Crippen MR) is 91.4 cm³/mol. The fourth-order valence-corrected chi connectivity index (χ4v) is 3.27. The molecule has 0 unspecified atom stereocenters. The van der Waals surface area contributed by atoms with Crippen LogP contribution < -0.4 is 4.74 Å². The number of aromatic nitrogens is 2. The molecule has 1 aliphatic heterocycles. The van der Waals surface area contributed by atoms with Crippen molar-refractivity contribution in [1.82, 2.24) is 15.1 Å². The molecular formula is C18H23N3O4. The highest BCUT2D eigenvalue weighted by Crippen LogP contribution is 2.26. The lowest BCUT2D eigenvalue weighted by molar-refractivity contribution is -0.139. The molecule has 0 saturated carbocycles. The number of nitrogens with zero attached hydrogens (tertiary/aromatic N) is 2. The second-order valence-corrected chi connectivity index (χ2v) is 6.56. The number of carboxylic acids is 1. The number of para-hydroxylation sites is 1. The molecule has 1 aromatic heterocycles. The standard InChI is InChI=1S/C18H23N3O4/c1-12-6-15(20-19-12)7-14-9-21(10-16(14)22)8-13-4-2-3-5-17(13)25-11-18(23)24/h2-6,14,16,22H,7-11H2,1H3,(H,19,20)(H,23,24)/t14-,16-/m1/s1. The number of benzene rings is 1. The van der Waals surface area contributed by atoms with Crippen molar-refractivity contribution in [3.8, 4) is 5.75 Å². The molecule has 25 heavy (non-hydrogen) atoms. The Balaban J connectivity index is 1.61. The number of aliphatic hydroxyl groups excluding tert-OH is 1. The van der Waals surface area contributed by atoms with Gasteiger partial charge in [0.25, 0.3) is 0 Å². The van der Waals surface area contributed by atoms with Crippen LogP contribution in [0.2, 0.25) is 0 Å². The number of likely N-dealkylation sites (tertiary alicyclic amines) is 1. The summed E-state index contributed by atoms with van der Waals surface area (Å²) in [6, 6.07) is 9.43. The second-order valence-electron chi connectivity index (χ2n) is 6.56. The molecule has 3 rings (SSSR count). The van der Waals surface area contributed by atoms with Crippen LogP contribution in [-0.2, 0) is 17.8 Å². The van der Waals surface area contributed by atoms with E-state index >= 15 is 0 Å². The van der Waals surface area contributed by atoms with Gasteiger partial charge in [0.15, 0.2) is 6.61 Å². The van der Waals surface area contributed by atoms with Gasteiger partial charge in [0.1, 0.15) is 5.75 Å². The van der Waals surface area contributed by atoms with Gasteiger partial charge in [-0.2, -0.15) is 5.10 Å². The molecule has 7 heteroatoms. The summed E-state index contributed by atoms with van der Waals surface area (Å²) in [6.45, 7) is 3.56. The fraction of sp³-hybridized carbons (Fsp3) is 0.444. The minimum absolute atomic E-state index is 0.134. The van der Waals surface area contributed by atoms with Crippen LogP contribution >= 0.6 is 0 Å². The zero-order chi connectivity index (χ0) is 17.8. The summed E-state index contributed by atoms with van der Waals surface area (Å²) in [5, 5.41) is 26.3. The molecule has 3 N–H and O–H groups in total. The SMILES string of the molecule is Cc1cc(C[C@@H]2CN(Cc3ccccc3OCC(=O)O)C[C@H]2O)n[nH]1. The highest BCUT2D eigenvalue weighted by molar-refractivity contribution is 5.68. The molecule has 1 aliphatic rings. The molecule has 1 saturated heterocycles. The number of aliphatic carboxylic acids is 1. The Bertz CT molecular complexity index is 731. The van der Waals surface area contributed by atoms with Gasteiger partial charge in [-0.3, -0.25) is 10.00 Å². The first-order chi connectivity index (χ1) is 12.0. The van der Waals surface area contributed by atoms with Crippen LogP contribution in [0.25, 0.3) is 0 Å². The van der Waals surface area contributed by atoms with Gasteiger partial charge in [-0.15, -0.1) is 0 Å². The first-order valence-electron chi connectivity index (χ1n) is 8.35. The number of H-pyrrole nitrogens is 1. The zero-order valence-corrected chi connectivity index (χ0v) is 14.2. The number of carbonyl (C=O) groups is 1. The average molecular weight is 345 g/mol. The van der Waals surface area contributed by atoms with Crippen molar-refractivity contribution in [2.75, 3.05) is 19.7 Å². The smallest absolute Gasteiger partial charge is 0.341 e. The first-order valence-corrected chi connectivity index (χ1v) is 8.35. The lowest BCUT2D eigenvalue weighted by Gasteiger charge is -2.18. The summed E-state index contributed by atoms with van der Waals surface area (Å²) >= 11 is 0. The maximum Gasteiger partial charge on any atom is 0.341 e. The summed E-state index contributed by atoms with van der Waals surface area (Å²) in [4.78, 5) is 12.9. The molecule has 0 amide bonds. The lowest BCUT2D eigenvalue weighted by Crippen LogP contribution is -2.22. The molecule has 1 aromatic carbocycles. The summed E-state index contributed by atoms with van der Waals surface area (Å²) in [5.74, 6) is -0.290. The van der Waals surface area contributed by atoms with Crippen molar-refractivity contribution in [3.63, 3.8) is 0 Å². The molecule has 0 spiro atoms. The van der Waals surface area contributed by atoms with E-state index in [1.807, 2.05) is 31.2 Å². The number of rotatable bonds is 7. The van der Waals surface area contributed by atoms with Gasteiger partial charge in [-0.05, 0) is 25.5 Å². The van der Waals surface area contributed by atoms with Gasteiger partial charge in [0.05, 0.1) is 11.8 Å². The van der Waals surface area contributed by atoms with E-state index in [-0.39, 0.29) is 12.5 Å². The van der Waals surface area contributed by atoms with Crippen molar-refractivity contribution < 1.29 is 19.7 Å². The Kier molecular flexibility index (Phi) is 5.35. The third-order valence-corrected chi connectivity index (χ3v) is 4.43. The topological polar surface area (TPSA) is 98.7 Å². The van der Waals surface area contributed by atoms with E-state index in [1.54, 1.807) is 6.07 Å². The average Bonchev–Trinajstić information content (AvgIpc) is 3.12. The molecule has 0 aliphatic carbocycles. The molecule has 0 radical (unpaired) electrons. The van der Waals surface area contributed by atoms with Crippen molar-refractivity contribution in [3.05, 3.63) is 47.3 Å². The van der Waals surface area contributed by atoms with E-state index in [0.29, 0.717) is 18.8 Å². The number of β-amino-alcohol motifs (C(OH)–C–C–N with tert-alkyl or cyclic N) is 1. The van der Waals surface area contributed by atoms with E-state index < -0.39 is 12.1 Å². The fourth-order valence-electron chi connectivity index (χ4n) is 3.27. The van der Waals surface area contributed by atoms with Gasteiger partial charge < -0.3 is 14.9 Å². The molecule has 2 aromatic rings. The first kappa shape index (κ1) is 17.4. The van der Waals surface area contributed by atoms with E-state index in [1.165, 1.54) is 0 Å². The van der Waals surface area contributed by atoms with Crippen LogP contribution in [0.4, 0.5) is 0 Å². The van der Waals surface area contributed by atoms with E-state index in [0.717, 1.165) is 29.9 Å². The third-order valence-electron chi connectivity index (χ3n) is 4.43. The number of aryl methyl sites for hydroxylation is 1. The largest absolute Gasteiger partial charge is 0.482 e. The van der Waals surface area contributed by atoms with Gasteiger partial charge in [0.2, 0.25) is 0 Å². The number of aliphatic hydroxyl groups is 1.